The highest BCUT2D eigenvalue weighted by Crippen LogP contribution is 2.48. The molecule has 1 heterocycles. The second-order valence-corrected chi connectivity index (χ2v) is 8.78. The molecular weight excluding hydrogens is 431 g/mol. The molecule has 4 nitrogen and oxygen atoms in total. The van der Waals surface area contributed by atoms with E-state index >= 15 is 0 Å². The first kappa shape index (κ1) is 21.0. The zero-order valence-electron chi connectivity index (χ0n) is 17.5. The molecule has 2 aliphatic carbocycles. The van der Waals surface area contributed by atoms with Crippen LogP contribution >= 0.6 is 11.6 Å². The summed E-state index contributed by atoms with van der Waals surface area (Å²) in [6.45, 7) is 0.176. The lowest BCUT2D eigenvalue weighted by Gasteiger charge is -2.36. The van der Waals surface area contributed by atoms with Crippen LogP contribution in [0, 0.1) is 5.82 Å². The minimum atomic E-state index is -0.455. The summed E-state index contributed by atoms with van der Waals surface area (Å²) < 4.78 is 25.3. The number of Topliss-reactive ketones (excluding diaryl/α,β-unsaturated/α-hetero) is 2. The van der Waals surface area contributed by atoms with Gasteiger partial charge in [0.2, 0.25) is 0 Å². The second-order valence-electron chi connectivity index (χ2n) is 8.37. The highest BCUT2D eigenvalue weighted by Gasteiger charge is 2.41. The van der Waals surface area contributed by atoms with Crippen LogP contribution in [0.15, 0.2) is 65.1 Å². The highest BCUT2D eigenvalue weighted by molar-refractivity contribution is 6.32. The predicted molar refractivity (Wildman–Crippen MR) is 118 cm³/mol. The number of hydrogen-bond donors (Lipinski definition) is 0. The molecule has 32 heavy (non-hydrogen) atoms. The van der Waals surface area contributed by atoms with E-state index in [0.717, 1.165) is 18.4 Å². The largest absolute Gasteiger partial charge is 0.487 e. The fourth-order valence-electron chi connectivity index (χ4n) is 4.75. The third-order valence-corrected chi connectivity index (χ3v) is 6.51. The molecule has 0 saturated heterocycles. The summed E-state index contributed by atoms with van der Waals surface area (Å²) in [7, 11) is 0. The molecule has 2 aromatic rings. The van der Waals surface area contributed by atoms with Gasteiger partial charge < -0.3 is 9.47 Å². The lowest BCUT2D eigenvalue weighted by molar-refractivity contribution is -0.117. The molecule has 0 fully saturated rings. The molecule has 0 saturated carbocycles. The second kappa shape index (κ2) is 8.55. The quantitative estimate of drug-likeness (QED) is 0.555. The highest BCUT2D eigenvalue weighted by atomic mass is 35.5. The maximum Gasteiger partial charge on any atom is 0.163 e. The van der Waals surface area contributed by atoms with Crippen LogP contribution in [0.1, 0.15) is 55.6 Å². The van der Waals surface area contributed by atoms with Crippen LogP contribution < -0.4 is 4.74 Å². The average molecular weight is 453 g/mol. The number of allylic oxidation sites excluding steroid dienone is 4. The zero-order valence-corrected chi connectivity index (χ0v) is 18.2. The van der Waals surface area contributed by atoms with Gasteiger partial charge in [-0.25, -0.2) is 4.39 Å². The number of rotatable bonds is 4. The summed E-state index contributed by atoms with van der Waals surface area (Å²) >= 11 is 6.54. The van der Waals surface area contributed by atoms with Gasteiger partial charge >= 0.3 is 0 Å². The SMILES string of the molecule is O=C1CCCC2=C1C(c1ccc(OCc3cccc(F)c3)c(Cl)c1)C1=C(CCCC1=O)O2. The summed E-state index contributed by atoms with van der Waals surface area (Å²) in [6.07, 6.45) is 3.83. The van der Waals surface area contributed by atoms with E-state index in [1.807, 2.05) is 6.07 Å². The molecule has 0 aromatic heterocycles. The van der Waals surface area contributed by atoms with E-state index in [1.165, 1.54) is 12.1 Å². The Bertz CT molecular complexity index is 1140. The molecule has 164 valence electrons. The number of benzene rings is 2. The Kier molecular flexibility index (Phi) is 5.60. The first-order valence-corrected chi connectivity index (χ1v) is 11.3. The molecule has 0 N–H and O–H groups in total. The average Bonchev–Trinajstić information content (AvgIpc) is 2.77. The van der Waals surface area contributed by atoms with Crippen molar-refractivity contribution in [2.75, 3.05) is 0 Å². The van der Waals surface area contributed by atoms with E-state index in [2.05, 4.69) is 0 Å². The fourth-order valence-corrected chi connectivity index (χ4v) is 5.00. The Labute approximate surface area is 190 Å². The molecule has 6 heteroatoms. The van der Waals surface area contributed by atoms with Crippen LogP contribution in [0.2, 0.25) is 5.02 Å². The van der Waals surface area contributed by atoms with E-state index in [-0.39, 0.29) is 24.0 Å². The van der Waals surface area contributed by atoms with Gasteiger partial charge in [0.15, 0.2) is 11.6 Å². The Hall–Kier alpha value is -2.92. The lowest BCUT2D eigenvalue weighted by Crippen LogP contribution is -2.30. The molecule has 0 bridgehead atoms. The molecule has 5 rings (SSSR count). The molecule has 0 unspecified atom stereocenters. The van der Waals surface area contributed by atoms with Gasteiger partial charge in [-0.3, -0.25) is 9.59 Å². The number of ether oxygens (including phenoxy) is 2. The molecule has 2 aromatic carbocycles. The predicted octanol–water partition coefficient (Wildman–Crippen LogP) is 6.19. The Balaban J connectivity index is 1.49. The Morgan fingerprint density at radius 2 is 1.62 bits per heavy atom. The first-order chi connectivity index (χ1) is 15.5. The van der Waals surface area contributed by atoms with Crippen molar-refractivity contribution in [1.82, 2.24) is 0 Å². The number of carbonyl (C=O) groups is 2. The normalized spacial score (nSPS) is 18.9. The minimum absolute atomic E-state index is 0.0312. The van der Waals surface area contributed by atoms with Crippen molar-refractivity contribution in [3.63, 3.8) is 0 Å². The number of halogens is 2. The summed E-state index contributed by atoms with van der Waals surface area (Å²) in [5.74, 6) is 1.13. The van der Waals surface area contributed by atoms with Crippen LogP contribution in [0.25, 0.3) is 0 Å². The van der Waals surface area contributed by atoms with Crippen molar-refractivity contribution in [3.8, 4) is 5.75 Å². The van der Waals surface area contributed by atoms with Crippen molar-refractivity contribution in [2.45, 2.75) is 51.0 Å². The monoisotopic (exact) mass is 452 g/mol. The Morgan fingerprint density at radius 3 is 2.25 bits per heavy atom. The van der Waals surface area contributed by atoms with E-state index in [1.54, 1.807) is 24.3 Å². The standard InChI is InChI=1S/C26H22ClFO4/c27-18-13-16(10-11-21(18)31-14-15-4-1-5-17(28)12-15)24-25-19(29)6-2-8-22(25)32-23-9-3-7-20(30)26(23)24/h1,4-5,10-13,24H,2-3,6-9,14H2. The number of hydrogen-bond acceptors (Lipinski definition) is 4. The van der Waals surface area contributed by atoms with Crippen LogP contribution in [0.5, 0.6) is 5.75 Å². The number of carbonyl (C=O) groups excluding carboxylic acids is 2. The molecule has 1 aliphatic heterocycles. The van der Waals surface area contributed by atoms with E-state index < -0.39 is 5.92 Å². The topological polar surface area (TPSA) is 52.6 Å². The first-order valence-electron chi connectivity index (χ1n) is 10.9. The van der Waals surface area contributed by atoms with E-state index in [4.69, 9.17) is 21.1 Å². The van der Waals surface area contributed by atoms with Gasteiger partial charge in [-0.05, 0) is 48.2 Å². The minimum Gasteiger partial charge on any atom is -0.487 e. The van der Waals surface area contributed by atoms with Gasteiger partial charge in [0.25, 0.3) is 0 Å². The molecule has 0 radical (unpaired) electrons. The number of ketones is 2. The smallest absolute Gasteiger partial charge is 0.163 e. The summed E-state index contributed by atoms with van der Waals surface area (Å²) in [5.41, 5.74) is 2.66. The third kappa shape index (κ3) is 3.86. The lowest BCUT2D eigenvalue weighted by atomic mass is 9.73. The summed E-state index contributed by atoms with van der Waals surface area (Å²) in [5, 5.41) is 0.376. The summed E-state index contributed by atoms with van der Waals surface area (Å²) in [6, 6.07) is 11.5. The van der Waals surface area contributed by atoms with Crippen LogP contribution in [-0.4, -0.2) is 11.6 Å². The zero-order chi connectivity index (χ0) is 22.2. The maximum atomic E-state index is 13.4. The van der Waals surface area contributed by atoms with Gasteiger partial charge in [-0.2, -0.15) is 0 Å². The van der Waals surface area contributed by atoms with Crippen LogP contribution in [-0.2, 0) is 20.9 Å². The van der Waals surface area contributed by atoms with Gasteiger partial charge in [0.05, 0.1) is 5.02 Å². The van der Waals surface area contributed by atoms with Gasteiger partial charge in [-0.1, -0.05) is 29.8 Å². The molecular formula is C26H22ClFO4. The van der Waals surface area contributed by atoms with Gasteiger partial charge in [-0.15, -0.1) is 0 Å². The van der Waals surface area contributed by atoms with Crippen molar-refractivity contribution >= 4 is 23.2 Å². The maximum absolute atomic E-state index is 13.4. The van der Waals surface area contributed by atoms with Crippen molar-refractivity contribution in [1.29, 1.82) is 0 Å². The fraction of sp³-hybridized carbons (Fsp3) is 0.308. The third-order valence-electron chi connectivity index (χ3n) is 6.21. The van der Waals surface area contributed by atoms with Gasteiger partial charge in [0, 0.05) is 42.7 Å². The molecule has 0 amide bonds. The van der Waals surface area contributed by atoms with Crippen molar-refractivity contribution in [2.24, 2.45) is 0 Å². The molecule has 0 spiro atoms. The van der Waals surface area contributed by atoms with Crippen molar-refractivity contribution in [3.05, 3.63) is 87.1 Å². The molecule has 0 atom stereocenters. The Morgan fingerprint density at radius 1 is 0.938 bits per heavy atom. The van der Waals surface area contributed by atoms with Crippen molar-refractivity contribution < 1.29 is 23.5 Å². The summed E-state index contributed by atoms with van der Waals surface area (Å²) in [4.78, 5) is 25.7. The van der Waals surface area contributed by atoms with E-state index in [0.29, 0.717) is 64.7 Å². The van der Waals surface area contributed by atoms with Gasteiger partial charge in [0.1, 0.15) is 29.7 Å². The van der Waals surface area contributed by atoms with Crippen LogP contribution in [0.3, 0.4) is 0 Å². The van der Waals surface area contributed by atoms with E-state index in [9.17, 15) is 14.0 Å². The van der Waals surface area contributed by atoms with Crippen LogP contribution in [0.4, 0.5) is 4.39 Å². The molecule has 3 aliphatic rings.